The molecule has 2 atom stereocenters. The summed E-state index contributed by atoms with van der Waals surface area (Å²) in [5.74, 6) is -0.0723. The molecule has 104 valence electrons. The zero-order chi connectivity index (χ0) is 14.0. The molecule has 1 fully saturated rings. The van der Waals surface area contributed by atoms with E-state index in [4.69, 9.17) is 0 Å². The third-order valence-corrected chi connectivity index (χ3v) is 3.58. The second-order valence-electron chi connectivity index (χ2n) is 5.07. The number of nitrogens with one attached hydrogen (secondary N) is 1. The number of hydrogen-bond acceptors (Lipinski definition) is 3. The fourth-order valence-corrected chi connectivity index (χ4v) is 2.42. The van der Waals surface area contributed by atoms with Crippen LogP contribution in [0, 0.1) is 0 Å². The normalized spacial score (nSPS) is 24.3. The quantitative estimate of drug-likeness (QED) is 0.841. The maximum Gasteiger partial charge on any atom is 0.245 e. The molecule has 0 saturated carbocycles. The van der Waals surface area contributed by atoms with Gasteiger partial charge in [0.05, 0.1) is 0 Å². The van der Waals surface area contributed by atoms with E-state index in [2.05, 4.69) is 10.4 Å². The Balaban J connectivity index is 2.06. The monoisotopic (exact) mass is 264 g/mol. The molecule has 6 nitrogen and oxygen atoms in total. The third kappa shape index (κ3) is 2.94. The van der Waals surface area contributed by atoms with E-state index >= 15 is 0 Å². The van der Waals surface area contributed by atoms with Crippen LogP contribution in [0.1, 0.15) is 26.0 Å². The Hall–Kier alpha value is -1.85. The topological polar surface area (TPSA) is 67.2 Å². The molecule has 0 bridgehead atoms. The van der Waals surface area contributed by atoms with Crippen LogP contribution in [0.5, 0.6) is 0 Å². The van der Waals surface area contributed by atoms with Crippen molar-refractivity contribution in [2.75, 3.05) is 6.54 Å². The van der Waals surface area contributed by atoms with Gasteiger partial charge in [0.25, 0.3) is 0 Å². The number of hydrogen-bond donors (Lipinski definition) is 1. The SMILES string of the molecule is CC1NC(=O)CC(C)N(CCc2ccnn2C)C1=O. The second-order valence-corrected chi connectivity index (χ2v) is 5.07. The molecule has 2 rings (SSSR count). The molecule has 1 N–H and O–H groups in total. The highest BCUT2D eigenvalue weighted by Gasteiger charge is 2.31. The summed E-state index contributed by atoms with van der Waals surface area (Å²) in [5.41, 5.74) is 1.08. The van der Waals surface area contributed by atoms with E-state index in [0.29, 0.717) is 13.0 Å². The summed E-state index contributed by atoms with van der Waals surface area (Å²) in [4.78, 5) is 25.6. The van der Waals surface area contributed by atoms with E-state index in [-0.39, 0.29) is 17.9 Å². The van der Waals surface area contributed by atoms with Gasteiger partial charge in [0, 0.05) is 44.4 Å². The van der Waals surface area contributed by atoms with E-state index in [1.165, 1.54) is 0 Å². The standard InChI is InChI=1S/C13H20N4O2/c1-9-8-12(18)15-10(2)13(19)17(9)7-5-11-4-6-14-16(11)3/h4,6,9-10H,5,7-8H2,1-3H3,(H,15,18). The minimum atomic E-state index is -0.441. The lowest BCUT2D eigenvalue weighted by molar-refractivity contribution is -0.134. The molecule has 6 heteroatoms. The molecule has 2 heterocycles. The number of aryl methyl sites for hydroxylation is 1. The van der Waals surface area contributed by atoms with Gasteiger partial charge in [0.2, 0.25) is 11.8 Å². The Morgan fingerprint density at radius 1 is 1.42 bits per heavy atom. The fraction of sp³-hybridized carbons (Fsp3) is 0.615. The van der Waals surface area contributed by atoms with Crippen LogP contribution in [0.15, 0.2) is 12.3 Å². The van der Waals surface area contributed by atoms with Crippen molar-refractivity contribution < 1.29 is 9.59 Å². The van der Waals surface area contributed by atoms with Gasteiger partial charge in [-0.05, 0) is 19.9 Å². The molecule has 1 saturated heterocycles. The Morgan fingerprint density at radius 2 is 2.16 bits per heavy atom. The molecule has 1 aromatic rings. The Morgan fingerprint density at radius 3 is 2.79 bits per heavy atom. The molecule has 1 aliphatic rings. The minimum absolute atomic E-state index is 0.0134. The molecular weight excluding hydrogens is 244 g/mol. The predicted molar refractivity (Wildman–Crippen MR) is 70.3 cm³/mol. The van der Waals surface area contributed by atoms with Crippen molar-refractivity contribution in [2.45, 2.75) is 38.8 Å². The number of rotatable bonds is 3. The van der Waals surface area contributed by atoms with Gasteiger partial charge in [-0.1, -0.05) is 0 Å². The number of aromatic nitrogens is 2. The van der Waals surface area contributed by atoms with Gasteiger partial charge in [-0.15, -0.1) is 0 Å². The van der Waals surface area contributed by atoms with Crippen LogP contribution in [-0.4, -0.2) is 45.1 Å². The Labute approximate surface area is 112 Å². The van der Waals surface area contributed by atoms with Gasteiger partial charge >= 0.3 is 0 Å². The zero-order valence-electron chi connectivity index (χ0n) is 11.6. The van der Waals surface area contributed by atoms with E-state index in [1.807, 2.05) is 20.0 Å². The van der Waals surface area contributed by atoms with Gasteiger partial charge in [-0.25, -0.2) is 0 Å². The highest BCUT2D eigenvalue weighted by Crippen LogP contribution is 2.12. The van der Waals surface area contributed by atoms with Gasteiger partial charge in [0.1, 0.15) is 6.04 Å². The van der Waals surface area contributed by atoms with Crippen LogP contribution >= 0.6 is 0 Å². The molecule has 0 radical (unpaired) electrons. The van der Waals surface area contributed by atoms with Crippen LogP contribution < -0.4 is 5.32 Å². The summed E-state index contributed by atoms with van der Waals surface area (Å²) < 4.78 is 1.81. The molecule has 1 aliphatic heterocycles. The summed E-state index contributed by atoms with van der Waals surface area (Å²) >= 11 is 0. The molecule has 19 heavy (non-hydrogen) atoms. The highest BCUT2D eigenvalue weighted by molar-refractivity contribution is 5.90. The maximum absolute atomic E-state index is 12.2. The van der Waals surface area contributed by atoms with Crippen molar-refractivity contribution in [1.29, 1.82) is 0 Å². The first-order valence-corrected chi connectivity index (χ1v) is 6.55. The summed E-state index contributed by atoms with van der Waals surface area (Å²) in [6, 6.07) is 1.44. The summed E-state index contributed by atoms with van der Waals surface area (Å²) in [5, 5.41) is 6.82. The Kier molecular flexibility index (Phi) is 3.87. The molecule has 2 amide bonds. The average Bonchev–Trinajstić information content (AvgIpc) is 2.70. The number of amides is 2. The van der Waals surface area contributed by atoms with Crippen molar-refractivity contribution in [3.8, 4) is 0 Å². The van der Waals surface area contributed by atoms with Crippen LogP contribution in [-0.2, 0) is 23.1 Å². The van der Waals surface area contributed by atoms with Crippen LogP contribution in [0.3, 0.4) is 0 Å². The zero-order valence-corrected chi connectivity index (χ0v) is 11.6. The molecule has 0 aromatic carbocycles. The van der Waals surface area contributed by atoms with Crippen LogP contribution in [0.4, 0.5) is 0 Å². The van der Waals surface area contributed by atoms with Gasteiger partial charge < -0.3 is 10.2 Å². The summed E-state index contributed by atoms with van der Waals surface area (Å²) in [7, 11) is 1.89. The molecule has 2 unspecified atom stereocenters. The van der Waals surface area contributed by atoms with Crippen molar-refractivity contribution >= 4 is 11.8 Å². The molecular formula is C13H20N4O2. The summed E-state index contributed by atoms with van der Waals surface area (Å²) in [6.45, 7) is 4.26. The number of carbonyl (C=O) groups excluding carboxylic acids is 2. The van der Waals surface area contributed by atoms with Crippen molar-refractivity contribution in [3.63, 3.8) is 0 Å². The third-order valence-electron chi connectivity index (χ3n) is 3.58. The van der Waals surface area contributed by atoms with Gasteiger partial charge in [-0.3, -0.25) is 14.3 Å². The second kappa shape index (κ2) is 5.42. The molecule has 0 aliphatic carbocycles. The summed E-state index contributed by atoms with van der Waals surface area (Å²) in [6.07, 6.45) is 2.85. The largest absolute Gasteiger partial charge is 0.345 e. The highest BCUT2D eigenvalue weighted by atomic mass is 16.2. The molecule has 0 spiro atoms. The van der Waals surface area contributed by atoms with E-state index in [1.54, 1.807) is 22.7 Å². The minimum Gasteiger partial charge on any atom is -0.345 e. The lowest BCUT2D eigenvalue weighted by Crippen LogP contribution is -2.45. The lowest BCUT2D eigenvalue weighted by Gasteiger charge is -2.27. The maximum atomic E-state index is 12.2. The van der Waals surface area contributed by atoms with E-state index < -0.39 is 6.04 Å². The number of nitrogens with zero attached hydrogens (tertiary/aromatic N) is 3. The number of carbonyl (C=O) groups is 2. The lowest BCUT2D eigenvalue weighted by atomic mass is 10.1. The van der Waals surface area contributed by atoms with Gasteiger partial charge in [-0.2, -0.15) is 5.10 Å². The first kappa shape index (κ1) is 13.6. The van der Waals surface area contributed by atoms with Crippen LogP contribution in [0.2, 0.25) is 0 Å². The predicted octanol–water partition coefficient (Wildman–Crippen LogP) is 0.0881. The van der Waals surface area contributed by atoms with Crippen LogP contribution in [0.25, 0.3) is 0 Å². The van der Waals surface area contributed by atoms with Crippen molar-refractivity contribution in [1.82, 2.24) is 20.0 Å². The first-order chi connectivity index (χ1) is 8.99. The molecule has 1 aromatic heterocycles. The van der Waals surface area contributed by atoms with Gasteiger partial charge in [0.15, 0.2) is 0 Å². The fourth-order valence-electron chi connectivity index (χ4n) is 2.42. The van der Waals surface area contributed by atoms with Crippen molar-refractivity contribution in [3.05, 3.63) is 18.0 Å². The first-order valence-electron chi connectivity index (χ1n) is 6.55. The smallest absolute Gasteiger partial charge is 0.245 e. The Bertz CT molecular complexity index is 483. The van der Waals surface area contributed by atoms with E-state index in [0.717, 1.165) is 12.1 Å². The van der Waals surface area contributed by atoms with E-state index in [9.17, 15) is 9.59 Å². The van der Waals surface area contributed by atoms with Crippen molar-refractivity contribution in [2.24, 2.45) is 7.05 Å². The average molecular weight is 264 g/mol.